The summed E-state index contributed by atoms with van der Waals surface area (Å²) in [5, 5.41) is 2.40. The number of para-hydroxylation sites is 2. The van der Waals surface area contributed by atoms with Crippen LogP contribution in [0.15, 0.2) is 145 Å². The third-order valence-corrected chi connectivity index (χ3v) is 11.1. The summed E-state index contributed by atoms with van der Waals surface area (Å²) in [6, 6.07) is 48.8. The fourth-order valence-electron chi connectivity index (χ4n) is 8.05. The number of pyridine rings is 1. The van der Waals surface area contributed by atoms with Crippen LogP contribution in [0.2, 0.25) is 0 Å². The van der Waals surface area contributed by atoms with Gasteiger partial charge in [0.15, 0.2) is 0 Å². The number of benzene rings is 5. The normalized spacial score (nSPS) is 13.4. The van der Waals surface area contributed by atoms with Gasteiger partial charge in [0.1, 0.15) is 0 Å². The lowest BCUT2D eigenvalue weighted by molar-refractivity contribution is 0.626. The van der Waals surface area contributed by atoms with Gasteiger partial charge in [0, 0.05) is 51.1 Å². The molecule has 0 bridgehead atoms. The van der Waals surface area contributed by atoms with E-state index in [1.807, 2.05) is 12.3 Å². The second-order valence-electron chi connectivity index (χ2n) is 14.6. The first-order valence-electron chi connectivity index (χ1n) is 17.6. The molecule has 0 N–H and O–H groups in total. The number of hydrogen-bond acceptors (Lipinski definition) is 2. The largest absolute Gasteiger partial charge is 0.311 e. The van der Waals surface area contributed by atoms with Crippen LogP contribution in [-0.4, -0.2) is 20.3 Å². The maximum Gasteiger partial charge on any atom is 0.0963 e. The molecule has 0 fully saturated rings. The minimum atomic E-state index is -0.159. The van der Waals surface area contributed by atoms with Crippen LogP contribution < -0.4 is 0 Å². The number of rotatable bonds is 6. The molecule has 0 spiro atoms. The van der Waals surface area contributed by atoms with Crippen LogP contribution in [0.4, 0.5) is 5.69 Å². The summed E-state index contributed by atoms with van der Waals surface area (Å²) in [5.41, 5.74) is 14.2. The molecule has 0 radical (unpaired) electrons. The molecule has 0 saturated heterocycles. The molecule has 0 aliphatic carbocycles. The second kappa shape index (κ2) is 11.4. The highest BCUT2D eigenvalue weighted by Crippen LogP contribution is 2.40. The van der Waals surface area contributed by atoms with E-state index in [2.05, 4.69) is 170 Å². The molecule has 0 amide bonds. The molecule has 4 nitrogen and oxygen atoms in total. The number of aromatic nitrogens is 3. The summed E-state index contributed by atoms with van der Waals surface area (Å²) in [6.45, 7) is 9.29. The first-order chi connectivity index (χ1) is 24.3. The molecule has 8 aromatic rings. The summed E-state index contributed by atoms with van der Waals surface area (Å²) in [5.74, 6) is 0. The van der Waals surface area contributed by atoms with Crippen molar-refractivity contribution in [1.82, 2.24) is 14.1 Å². The molecular formula is C46H40N4. The topological polar surface area (TPSA) is 35.1 Å². The van der Waals surface area contributed by atoms with Crippen molar-refractivity contribution in [2.75, 3.05) is 0 Å². The van der Waals surface area contributed by atoms with Gasteiger partial charge in [-0.15, -0.1) is 0 Å². The van der Waals surface area contributed by atoms with E-state index in [0.29, 0.717) is 0 Å². The molecule has 0 atom stereocenters. The highest BCUT2D eigenvalue weighted by Gasteiger charge is 2.27. The Labute approximate surface area is 293 Å². The van der Waals surface area contributed by atoms with E-state index < -0.39 is 0 Å². The highest BCUT2D eigenvalue weighted by molar-refractivity contribution is 6.07. The molecule has 3 aromatic heterocycles. The molecular weight excluding hydrogens is 609 g/mol. The van der Waals surface area contributed by atoms with Crippen molar-refractivity contribution in [3.8, 4) is 11.4 Å². The standard InChI is InChI=1S/C46H40N4/c1-45(2,33-21-25-35(26-22-33)49-39-13-7-5-11-37(39)43-41(49)15-9-29-47-43)31-17-19-32(20-18-31)46(3,4)34-23-27-36(28-24-34)50-40-14-8-6-12-38(40)44-42(50)16-10-30-48-44/h5-9,11-15,17-30H,10,16H2,1-4H3. The molecule has 9 rings (SSSR count). The summed E-state index contributed by atoms with van der Waals surface area (Å²) in [4.78, 5) is 9.50. The first-order valence-corrected chi connectivity index (χ1v) is 17.6. The minimum absolute atomic E-state index is 0.150. The van der Waals surface area contributed by atoms with E-state index in [4.69, 9.17) is 9.98 Å². The average Bonchev–Trinajstić information content (AvgIpc) is 3.68. The van der Waals surface area contributed by atoms with Crippen LogP contribution >= 0.6 is 0 Å². The molecule has 1 aliphatic heterocycles. The Morgan fingerprint density at radius 2 is 0.980 bits per heavy atom. The van der Waals surface area contributed by atoms with Crippen LogP contribution in [0, 0.1) is 0 Å². The number of hydrogen-bond donors (Lipinski definition) is 0. The van der Waals surface area contributed by atoms with Crippen LogP contribution in [0.5, 0.6) is 0 Å². The smallest absolute Gasteiger partial charge is 0.0963 e. The van der Waals surface area contributed by atoms with Gasteiger partial charge >= 0.3 is 0 Å². The Morgan fingerprint density at radius 3 is 1.58 bits per heavy atom. The van der Waals surface area contributed by atoms with E-state index in [-0.39, 0.29) is 10.8 Å². The van der Waals surface area contributed by atoms with E-state index in [1.165, 1.54) is 55.4 Å². The van der Waals surface area contributed by atoms with Crippen LogP contribution in [0.3, 0.4) is 0 Å². The fraction of sp³-hybridized carbons (Fsp3) is 0.174. The van der Waals surface area contributed by atoms with E-state index >= 15 is 0 Å². The first kappa shape index (κ1) is 30.3. The third-order valence-electron chi connectivity index (χ3n) is 11.1. The molecule has 1 aliphatic rings. The summed E-state index contributed by atoms with van der Waals surface area (Å²) in [7, 11) is 0. The van der Waals surface area contributed by atoms with Crippen LogP contribution in [0.1, 0.15) is 62.1 Å². The fourth-order valence-corrected chi connectivity index (χ4v) is 8.05. The summed E-state index contributed by atoms with van der Waals surface area (Å²) >= 11 is 0. The SMILES string of the molecule is CC(C)(c1ccc(-n2c3c(c4ccccc42)N=CCC3)cc1)c1ccc(C(C)(C)c2ccc(-n3c4ccccc4c4ncccc43)cc2)cc1. The Bertz CT molecular complexity index is 2510. The predicted octanol–water partition coefficient (Wildman–Crippen LogP) is 11.4. The lowest BCUT2D eigenvalue weighted by atomic mass is 9.74. The number of fused-ring (bicyclic) bond motifs is 6. The van der Waals surface area contributed by atoms with Gasteiger partial charge in [0.2, 0.25) is 0 Å². The Morgan fingerprint density at radius 1 is 0.500 bits per heavy atom. The van der Waals surface area contributed by atoms with Gasteiger partial charge in [-0.05, 0) is 83.6 Å². The van der Waals surface area contributed by atoms with E-state index in [0.717, 1.165) is 35.2 Å². The van der Waals surface area contributed by atoms with Gasteiger partial charge in [-0.25, -0.2) is 0 Å². The summed E-state index contributed by atoms with van der Waals surface area (Å²) < 4.78 is 4.72. The van der Waals surface area contributed by atoms with E-state index in [1.54, 1.807) is 0 Å². The lowest BCUT2D eigenvalue weighted by Gasteiger charge is -2.30. The molecule has 244 valence electrons. The molecule has 4 heterocycles. The van der Waals surface area contributed by atoms with Gasteiger partial charge < -0.3 is 9.13 Å². The van der Waals surface area contributed by atoms with E-state index in [9.17, 15) is 0 Å². The van der Waals surface area contributed by atoms with Crippen LogP contribution in [-0.2, 0) is 17.3 Å². The Kier molecular flexibility index (Phi) is 6.93. The molecule has 4 heteroatoms. The quantitative estimate of drug-likeness (QED) is 0.177. The minimum Gasteiger partial charge on any atom is -0.311 e. The number of nitrogens with zero attached hydrogens (tertiary/aromatic N) is 4. The molecule has 0 unspecified atom stereocenters. The Hall–Kier alpha value is -5.74. The van der Waals surface area contributed by atoms with Crippen molar-refractivity contribution >= 4 is 44.7 Å². The van der Waals surface area contributed by atoms with Gasteiger partial charge in [-0.3, -0.25) is 9.98 Å². The van der Waals surface area contributed by atoms with Crippen molar-refractivity contribution in [1.29, 1.82) is 0 Å². The number of aliphatic imine (C=N–C) groups is 1. The van der Waals surface area contributed by atoms with Crippen molar-refractivity contribution in [3.63, 3.8) is 0 Å². The van der Waals surface area contributed by atoms with Gasteiger partial charge in [-0.2, -0.15) is 0 Å². The maximum absolute atomic E-state index is 4.79. The van der Waals surface area contributed by atoms with Crippen molar-refractivity contribution in [2.24, 2.45) is 4.99 Å². The monoisotopic (exact) mass is 648 g/mol. The van der Waals surface area contributed by atoms with Gasteiger partial charge in [-0.1, -0.05) is 113 Å². The lowest BCUT2D eigenvalue weighted by Crippen LogP contribution is -2.21. The molecule has 50 heavy (non-hydrogen) atoms. The molecule has 0 saturated carbocycles. The van der Waals surface area contributed by atoms with Crippen molar-refractivity contribution in [2.45, 2.75) is 51.4 Å². The van der Waals surface area contributed by atoms with Crippen molar-refractivity contribution < 1.29 is 0 Å². The second-order valence-corrected chi connectivity index (χ2v) is 14.6. The summed E-state index contributed by atoms with van der Waals surface area (Å²) in [6.07, 6.45) is 5.92. The third kappa shape index (κ3) is 4.66. The van der Waals surface area contributed by atoms with Gasteiger partial charge in [0.25, 0.3) is 0 Å². The van der Waals surface area contributed by atoms with Crippen molar-refractivity contribution in [3.05, 3.63) is 168 Å². The average molecular weight is 649 g/mol. The predicted molar refractivity (Wildman–Crippen MR) is 209 cm³/mol. The highest BCUT2D eigenvalue weighted by atomic mass is 15.0. The Balaban J connectivity index is 0.991. The zero-order chi connectivity index (χ0) is 34.0. The maximum atomic E-state index is 4.79. The van der Waals surface area contributed by atoms with Crippen LogP contribution in [0.25, 0.3) is 44.2 Å². The molecule has 5 aromatic carbocycles. The zero-order valence-corrected chi connectivity index (χ0v) is 29.1. The van der Waals surface area contributed by atoms with Gasteiger partial charge in [0.05, 0.1) is 27.8 Å². The zero-order valence-electron chi connectivity index (χ0n) is 29.1.